The van der Waals surface area contributed by atoms with Crippen molar-refractivity contribution in [3.05, 3.63) is 0 Å². The van der Waals surface area contributed by atoms with Crippen LogP contribution < -0.4 is 0 Å². The van der Waals surface area contributed by atoms with Crippen molar-refractivity contribution in [3.8, 4) is 0 Å². The molecule has 2 fully saturated rings. The van der Waals surface area contributed by atoms with E-state index in [1.54, 1.807) is 0 Å². The van der Waals surface area contributed by atoms with Gasteiger partial charge in [-0.05, 0) is 12.8 Å². The Morgan fingerprint density at radius 3 is 1.95 bits per heavy atom. The predicted molar refractivity (Wildman–Crippen MR) is 74.1 cm³/mol. The first-order chi connectivity index (χ1) is 10.3. The van der Waals surface area contributed by atoms with Gasteiger partial charge in [-0.1, -0.05) is 0 Å². The summed E-state index contributed by atoms with van der Waals surface area (Å²) in [5.74, 6) is -2.27. The van der Waals surface area contributed by atoms with Gasteiger partial charge in [-0.15, -0.1) is 0 Å². The van der Waals surface area contributed by atoms with E-state index in [1.165, 1.54) is 25.9 Å². The lowest BCUT2D eigenvalue weighted by Crippen LogP contribution is -2.34. The van der Waals surface area contributed by atoms with Crippen molar-refractivity contribution in [2.24, 2.45) is 5.92 Å². The Balaban J connectivity index is 0.000000235. The molecule has 122 valence electrons. The number of amides is 4. The van der Waals surface area contributed by atoms with Gasteiger partial charge in [0.15, 0.2) is 0 Å². The maximum absolute atomic E-state index is 11.4. The SMILES string of the molecule is CC(=O)N1CCCC1=O.COC(=O)C1CCN(C(C)=O)C1=O. The molecule has 0 spiro atoms. The molecule has 2 rings (SSSR count). The van der Waals surface area contributed by atoms with Crippen molar-refractivity contribution in [3.63, 3.8) is 0 Å². The number of ether oxygens (including phenoxy) is 1. The number of rotatable bonds is 1. The normalized spacial score (nSPS) is 20.6. The Morgan fingerprint density at radius 2 is 1.64 bits per heavy atom. The lowest BCUT2D eigenvalue weighted by atomic mass is 10.1. The first-order valence-electron chi connectivity index (χ1n) is 7.00. The molecule has 8 heteroatoms. The second-order valence-electron chi connectivity index (χ2n) is 5.04. The Hall–Kier alpha value is -2.25. The Morgan fingerprint density at radius 1 is 1.05 bits per heavy atom. The van der Waals surface area contributed by atoms with Crippen molar-refractivity contribution >= 4 is 29.6 Å². The maximum Gasteiger partial charge on any atom is 0.318 e. The number of carbonyl (C=O) groups excluding carboxylic acids is 5. The molecule has 0 saturated carbocycles. The van der Waals surface area contributed by atoms with Crippen molar-refractivity contribution in [2.45, 2.75) is 33.1 Å². The lowest BCUT2D eigenvalue weighted by molar-refractivity contribution is -0.152. The van der Waals surface area contributed by atoms with E-state index in [0.29, 0.717) is 25.9 Å². The fourth-order valence-electron chi connectivity index (χ4n) is 2.33. The number of hydrogen-bond donors (Lipinski definition) is 0. The summed E-state index contributed by atoms with van der Waals surface area (Å²) >= 11 is 0. The van der Waals surface area contributed by atoms with E-state index in [2.05, 4.69) is 4.74 Å². The molecule has 0 N–H and O–H groups in total. The molecular formula is C14H20N2O6. The zero-order valence-corrected chi connectivity index (χ0v) is 13.0. The van der Waals surface area contributed by atoms with Crippen LogP contribution in [0.1, 0.15) is 33.1 Å². The molecule has 0 aromatic carbocycles. The molecule has 1 unspecified atom stereocenters. The molecule has 4 amide bonds. The van der Waals surface area contributed by atoms with Crippen LogP contribution >= 0.6 is 0 Å². The van der Waals surface area contributed by atoms with Crippen LogP contribution in [0.4, 0.5) is 0 Å². The Bertz CT molecular complexity index is 502. The zero-order valence-electron chi connectivity index (χ0n) is 13.0. The third kappa shape index (κ3) is 4.12. The van der Waals surface area contributed by atoms with Gasteiger partial charge in [0.05, 0.1) is 7.11 Å². The predicted octanol–water partition coefficient (Wildman–Crippen LogP) is -0.290. The second kappa shape index (κ2) is 7.67. The molecule has 0 bridgehead atoms. The minimum absolute atomic E-state index is 0.0255. The van der Waals surface area contributed by atoms with Crippen molar-refractivity contribution in [2.75, 3.05) is 20.2 Å². The number of esters is 1. The van der Waals surface area contributed by atoms with Crippen LogP contribution in [-0.4, -0.2) is 59.6 Å². The number of methoxy groups -OCH3 is 1. The fourth-order valence-corrected chi connectivity index (χ4v) is 2.33. The van der Waals surface area contributed by atoms with Gasteiger partial charge in [0.1, 0.15) is 5.92 Å². The third-order valence-electron chi connectivity index (χ3n) is 3.52. The average Bonchev–Trinajstić information content (AvgIpc) is 3.04. The van der Waals surface area contributed by atoms with Crippen molar-refractivity contribution in [1.29, 1.82) is 0 Å². The quantitative estimate of drug-likeness (QED) is 0.487. The van der Waals surface area contributed by atoms with Gasteiger partial charge in [-0.2, -0.15) is 0 Å². The number of carbonyl (C=O) groups is 5. The highest BCUT2D eigenvalue weighted by atomic mass is 16.5. The van der Waals surface area contributed by atoms with Crippen LogP contribution in [0.2, 0.25) is 0 Å². The van der Waals surface area contributed by atoms with E-state index in [-0.39, 0.29) is 17.7 Å². The highest BCUT2D eigenvalue weighted by molar-refractivity contribution is 6.06. The van der Waals surface area contributed by atoms with E-state index in [1.807, 2.05) is 0 Å². The molecule has 1 atom stereocenters. The summed E-state index contributed by atoms with van der Waals surface area (Å²) < 4.78 is 4.43. The minimum atomic E-state index is -0.783. The van der Waals surface area contributed by atoms with E-state index >= 15 is 0 Å². The van der Waals surface area contributed by atoms with Crippen molar-refractivity contribution in [1.82, 2.24) is 9.80 Å². The summed E-state index contributed by atoms with van der Waals surface area (Å²) in [7, 11) is 1.23. The van der Waals surface area contributed by atoms with Gasteiger partial charge < -0.3 is 4.74 Å². The van der Waals surface area contributed by atoms with Crippen LogP contribution in [-0.2, 0) is 28.7 Å². The number of nitrogens with zero attached hydrogens (tertiary/aromatic N) is 2. The monoisotopic (exact) mass is 312 g/mol. The smallest absolute Gasteiger partial charge is 0.318 e. The van der Waals surface area contributed by atoms with Gasteiger partial charge >= 0.3 is 5.97 Å². The first-order valence-corrected chi connectivity index (χ1v) is 7.00. The number of likely N-dealkylation sites (tertiary alicyclic amines) is 2. The summed E-state index contributed by atoms with van der Waals surface area (Å²) in [6.07, 6.45) is 1.74. The van der Waals surface area contributed by atoms with Gasteiger partial charge in [0, 0.05) is 33.4 Å². The first kappa shape index (κ1) is 17.8. The molecule has 0 radical (unpaired) electrons. The summed E-state index contributed by atoms with van der Waals surface area (Å²) in [4.78, 5) is 56.9. The lowest BCUT2D eigenvalue weighted by Gasteiger charge is -2.10. The molecule has 2 heterocycles. The minimum Gasteiger partial charge on any atom is -0.468 e. The molecule has 22 heavy (non-hydrogen) atoms. The Labute approximate surface area is 128 Å². The summed E-state index contributed by atoms with van der Waals surface area (Å²) in [5.41, 5.74) is 0. The molecule has 8 nitrogen and oxygen atoms in total. The van der Waals surface area contributed by atoms with E-state index in [4.69, 9.17) is 0 Å². The van der Waals surface area contributed by atoms with Crippen LogP contribution in [0.3, 0.4) is 0 Å². The number of imide groups is 2. The highest BCUT2D eigenvalue weighted by Crippen LogP contribution is 2.19. The van der Waals surface area contributed by atoms with Gasteiger partial charge in [0.2, 0.25) is 23.6 Å². The summed E-state index contributed by atoms with van der Waals surface area (Å²) in [6.45, 7) is 3.66. The topological polar surface area (TPSA) is 101 Å². The van der Waals surface area contributed by atoms with E-state index in [0.717, 1.165) is 11.3 Å². The molecule has 0 aromatic heterocycles. The molecule has 0 aliphatic carbocycles. The Kier molecular flexibility index (Phi) is 6.21. The molecule has 0 aromatic rings. The molecule has 2 aliphatic heterocycles. The maximum atomic E-state index is 11.4. The van der Waals surface area contributed by atoms with Crippen molar-refractivity contribution < 1.29 is 28.7 Å². The zero-order chi connectivity index (χ0) is 16.9. The average molecular weight is 312 g/mol. The molecular weight excluding hydrogens is 292 g/mol. The second-order valence-corrected chi connectivity index (χ2v) is 5.04. The fraction of sp³-hybridized carbons (Fsp3) is 0.643. The van der Waals surface area contributed by atoms with Gasteiger partial charge in [0.25, 0.3) is 0 Å². The van der Waals surface area contributed by atoms with Gasteiger partial charge in [-0.3, -0.25) is 33.8 Å². The van der Waals surface area contributed by atoms with Crippen LogP contribution in [0.25, 0.3) is 0 Å². The summed E-state index contributed by atoms with van der Waals surface area (Å²) in [5, 5.41) is 0. The largest absolute Gasteiger partial charge is 0.468 e. The van der Waals surface area contributed by atoms with E-state index < -0.39 is 17.8 Å². The van der Waals surface area contributed by atoms with Gasteiger partial charge in [-0.25, -0.2) is 0 Å². The van der Waals surface area contributed by atoms with Crippen LogP contribution in [0, 0.1) is 5.92 Å². The molecule has 2 saturated heterocycles. The van der Waals surface area contributed by atoms with Crippen LogP contribution in [0.5, 0.6) is 0 Å². The molecule has 2 aliphatic rings. The highest BCUT2D eigenvalue weighted by Gasteiger charge is 2.39. The van der Waals surface area contributed by atoms with E-state index in [9.17, 15) is 24.0 Å². The third-order valence-corrected chi connectivity index (χ3v) is 3.52. The standard InChI is InChI=1S/C8H11NO4.C6H9NO2/c1-5(10)9-4-3-6(7(9)11)8(12)13-2;1-5(8)7-4-2-3-6(7)9/h6H,3-4H2,1-2H3;2-4H2,1H3. The van der Waals surface area contributed by atoms with Crippen LogP contribution in [0.15, 0.2) is 0 Å². The summed E-state index contributed by atoms with van der Waals surface area (Å²) in [6, 6.07) is 0. The number of hydrogen-bond acceptors (Lipinski definition) is 6.